The number of rotatable bonds is 3. The lowest BCUT2D eigenvalue weighted by atomic mass is 10.1. The molecule has 0 saturated carbocycles. The molecule has 0 unspecified atom stereocenters. The molecule has 0 aliphatic heterocycles. The normalized spacial score (nSPS) is 11.1. The summed E-state index contributed by atoms with van der Waals surface area (Å²) in [7, 11) is 0. The lowest BCUT2D eigenvalue weighted by Crippen LogP contribution is -2.25. The van der Waals surface area contributed by atoms with E-state index in [-0.39, 0.29) is 5.96 Å². The van der Waals surface area contributed by atoms with E-state index in [1.807, 2.05) is 48.5 Å². The fourth-order valence-electron chi connectivity index (χ4n) is 2.90. The molecule has 0 atom stereocenters. The van der Waals surface area contributed by atoms with Crippen LogP contribution in [0.2, 0.25) is 0 Å². The summed E-state index contributed by atoms with van der Waals surface area (Å²) in [5, 5.41) is 19.8. The highest BCUT2D eigenvalue weighted by Crippen LogP contribution is 2.18. The molecule has 4 aromatic carbocycles. The minimum absolute atomic E-state index is 0.123. The highest BCUT2D eigenvalue weighted by molar-refractivity contribution is 5.95. The molecule has 4 heteroatoms. The summed E-state index contributed by atoms with van der Waals surface area (Å²) >= 11 is 0. The van der Waals surface area contributed by atoms with Gasteiger partial charge in [0.2, 0.25) is 5.96 Å². The fourth-order valence-corrected chi connectivity index (χ4v) is 2.90. The van der Waals surface area contributed by atoms with Gasteiger partial charge in [-0.3, -0.25) is 5.41 Å². The summed E-state index contributed by atoms with van der Waals surface area (Å²) < 4.78 is 0. The van der Waals surface area contributed by atoms with E-state index in [9.17, 15) is 0 Å². The molecule has 4 rings (SSSR count). The number of nitrogens with one attached hydrogen (secondary N) is 3. The predicted octanol–water partition coefficient (Wildman–Crippen LogP) is 4.96. The van der Waals surface area contributed by atoms with E-state index in [4.69, 9.17) is 5.41 Å². The van der Waals surface area contributed by atoms with E-state index >= 15 is 0 Å². The molecular weight excluding hydrogens is 320 g/mol. The molecule has 0 saturated heterocycles. The molecule has 0 spiro atoms. The van der Waals surface area contributed by atoms with E-state index in [1.165, 1.54) is 16.2 Å². The monoisotopic (exact) mass is 338 g/mol. The topological polar surface area (TPSA) is 60.3 Å². The van der Waals surface area contributed by atoms with Crippen LogP contribution in [0.4, 0.5) is 5.69 Å². The number of anilines is 1. The molecule has 0 aromatic heterocycles. The minimum Gasteiger partial charge on any atom is -0.325 e. The maximum Gasteiger partial charge on any atom is 0.213 e. The molecule has 4 nitrogen and oxygen atoms in total. The van der Waals surface area contributed by atoms with Crippen molar-refractivity contribution in [3.05, 3.63) is 90.5 Å². The zero-order valence-corrected chi connectivity index (χ0v) is 14.1. The van der Waals surface area contributed by atoms with Crippen LogP contribution in [0.1, 0.15) is 5.56 Å². The largest absolute Gasteiger partial charge is 0.325 e. The first-order valence-corrected chi connectivity index (χ1v) is 8.40. The molecule has 0 radical (unpaired) electrons. The van der Waals surface area contributed by atoms with E-state index in [0.717, 1.165) is 16.6 Å². The first-order valence-electron chi connectivity index (χ1n) is 8.40. The van der Waals surface area contributed by atoms with Crippen molar-refractivity contribution in [2.24, 2.45) is 5.10 Å². The lowest BCUT2D eigenvalue weighted by Gasteiger charge is -2.08. The molecule has 0 amide bonds. The van der Waals surface area contributed by atoms with Crippen molar-refractivity contribution in [1.29, 1.82) is 5.41 Å². The average Bonchev–Trinajstić information content (AvgIpc) is 2.68. The Hall–Kier alpha value is -3.66. The van der Waals surface area contributed by atoms with Crippen LogP contribution in [0.25, 0.3) is 21.5 Å². The van der Waals surface area contributed by atoms with Crippen LogP contribution >= 0.6 is 0 Å². The molecule has 0 heterocycles. The second-order valence-corrected chi connectivity index (χ2v) is 6.04. The molecule has 126 valence electrons. The van der Waals surface area contributed by atoms with Crippen molar-refractivity contribution in [3.63, 3.8) is 0 Å². The third-order valence-corrected chi connectivity index (χ3v) is 4.18. The van der Waals surface area contributed by atoms with E-state index < -0.39 is 0 Å². The maximum atomic E-state index is 8.00. The smallest absolute Gasteiger partial charge is 0.213 e. The number of guanidine groups is 1. The number of hydrazone groups is 1. The quantitative estimate of drug-likeness (QED) is 0.281. The number of fused-ring (bicyclic) bond motifs is 2. The number of hydrogen-bond donors (Lipinski definition) is 3. The third-order valence-electron chi connectivity index (χ3n) is 4.18. The molecular formula is C22H18N4. The van der Waals surface area contributed by atoms with Crippen molar-refractivity contribution in [1.82, 2.24) is 5.43 Å². The standard InChI is InChI=1S/C22H18N4/c23-22(25-21-12-11-18-6-2-4-8-20(18)14-21)26-24-15-16-9-10-17-5-1-3-7-19(17)13-16/h1-15H,(H3,23,25,26)/b24-15+. The Bertz CT molecular complexity index is 1120. The van der Waals surface area contributed by atoms with Gasteiger partial charge in [0.25, 0.3) is 0 Å². The Labute approximate surface area is 151 Å². The van der Waals surface area contributed by atoms with Gasteiger partial charge in [-0.05, 0) is 45.3 Å². The van der Waals surface area contributed by atoms with Gasteiger partial charge < -0.3 is 5.32 Å². The van der Waals surface area contributed by atoms with Crippen molar-refractivity contribution in [2.45, 2.75) is 0 Å². The summed E-state index contributed by atoms with van der Waals surface area (Å²) in [6.07, 6.45) is 1.71. The average molecular weight is 338 g/mol. The summed E-state index contributed by atoms with van der Waals surface area (Å²) in [6.45, 7) is 0. The minimum atomic E-state index is 0.123. The summed E-state index contributed by atoms with van der Waals surface area (Å²) in [5.74, 6) is 0.123. The molecule has 0 aliphatic rings. The highest BCUT2D eigenvalue weighted by atomic mass is 15.4. The van der Waals surface area contributed by atoms with Crippen molar-refractivity contribution in [3.8, 4) is 0 Å². The fraction of sp³-hybridized carbons (Fsp3) is 0. The Morgan fingerprint density at radius 2 is 1.35 bits per heavy atom. The predicted molar refractivity (Wildman–Crippen MR) is 110 cm³/mol. The van der Waals surface area contributed by atoms with Crippen LogP contribution in [0, 0.1) is 5.41 Å². The van der Waals surface area contributed by atoms with Crippen LogP contribution in [0.5, 0.6) is 0 Å². The summed E-state index contributed by atoms with van der Waals surface area (Å²) in [6, 6.07) is 28.5. The van der Waals surface area contributed by atoms with Gasteiger partial charge >= 0.3 is 0 Å². The molecule has 0 aliphatic carbocycles. The van der Waals surface area contributed by atoms with Crippen molar-refractivity contribution in [2.75, 3.05) is 5.32 Å². The zero-order valence-electron chi connectivity index (χ0n) is 14.1. The molecule has 0 bridgehead atoms. The molecule has 3 N–H and O–H groups in total. The van der Waals surface area contributed by atoms with Crippen molar-refractivity contribution >= 4 is 39.4 Å². The number of hydrogen-bond acceptors (Lipinski definition) is 2. The van der Waals surface area contributed by atoms with Crippen LogP contribution in [-0.4, -0.2) is 12.2 Å². The Balaban J connectivity index is 1.41. The summed E-state index contributed by atoms with van der Waals surface area (Å²) in [4.78, 5) is 0. The van der Waals surface area contributed by atoms with E-state index in [1.54, 1.807) is 6.21 Å². The van der Waals surface area contributed by atoms with Gasteiger partial charge in [-0.1, -0.05) is 66.7 Å². The number of benzene rings is 4. The Morgan fingerprint density at radius 3 is 2.08 bits per heavy atom. The SMILES string of the molecule is N=C(N/N=C/c1ccc2ccccc2c1)Nc1ccc2ccccc2c1. The maximum absolute atomic E-state index is 8.00. The molecule has 26 heavy (non-hydrogen) atoms. The lowest BCUT2D eigenvalue weighted by molar-refractivity contribution is 1.01. The number of nitrogens with zero attached hydrogens (tertiary/aromatic N) is 1. The van der Waals surface area contributed by atoms with Crippen LogP contribution < -0.4 is 10.7 Å². The van der Waals surface area contributed by atoms with Gasteiger partial charge in [0.15, 0.2) is 0 Å². The molecule has 0 fully saturated rings. The van der Waals surface area contributed by atoms with Gasteiger partial charge in [-0.15, -0.1) is 0 Å². The third kappa shape index (κ3) is 3.54. The second-order valence-electron chi connectivity index (χ2n) is 6.04. The van der Waals surface area contributed by atoms with Gasteiger partial charge in [-0.2, -0.15) is 5.10 Å². The first-order chi connectivity index (χ1) is 12.8. The first kappa shape index (κ1) is 15.8. The van der Waals surface area contributed by atoms with Crippen molar-refractivity contribution < 1.29 is 0 Å². The van der Waals surface area contributed by atoms with Gasteiger partial charge in [0, 0.05) is 5.69 Å². The van der Waals surface area contributed by atoms with Gasteiger partial charge in [-0.25, -0.2) is 5.43 Å². The van der Waals surface area contributed by atoms with Crippen LogP contribution in [0.3, 0.4) is 0 Å². The zero-order chi connectivity index (χ0) is 17.8. The van der Waals surface area contributed by atoms with Crippen LogP contribution in [-0.2, 0) is 0 Å². The summed E-state index contributed by atoms with van der Waals surface area (Å²) in [5.41, 5.74) is 4.55. The second kappa shape index (κ2) is 7.07. The van der Waals surface area contributed by atoms with Gasteiger partial charge in [0.05, 0.1) is 6.21 Å². The highest BCUT2D eigenvalue weighted by Gasteiger charge is 1.99. The van der Waals surface area contributed by atoms with E-state index in [0.29, 0.717) is 0 Å². The van der Waals surface area contributed by atoms with Crippen LogP contribution in [0.15, 0.2) is 90.0 Å². The van der Waals surface area contributed by atoms with Gasteiger partial charge in [0.1, 0.15) is 0 Å². The Kier molecular flexibility index (Phi) is 4.31. The van der Waals surface area contributed by atoms with E-state index in [2.05, 4.69) is 52.2 Å². The Morgan fingerprint density at radius 1 is 0.731 bits per heavy atom. The molecule has 4 aromatic rings.